The van der Waals surface area contributed by atoms with Gasteiger partial charge < -0.3 is 5.32 Å². The number of Topliss-reactive ketones (excluding diaryl/α,β-unsaturated/α-hetero) is 1. The van der Waals surface area contributed by atoms with Crippen LogP contribution in [0.2, 0.25) is 0 Å². The molecule has 1 fully saturated rings. The highest BCUT2D eigenvalue weighted by Crippen LogP contribution is 2.37. The lowest BCUT2D eigenvalue weighted by Crippen LogP contribution is -2.43. The van der Waals surface area contributed by atoms with Gasteiger partial charge in [0.25, 0.3) is 5.91 Å². The molecule has 0 unspecified atom stereocenters. The molecule has 1 saturated carbocycles. The first-order chi connectivity index (χ1) is 11.2. The summed E-state index contributed by atoms with van der Waals surface area (Å²) in [5.74, 6) is 0.267. The van der Waals surface area contributed by atoms with Gasteiger partial charge in [-0.1, -0.05) is 48.5 Å². The molecule has 23 heavy (non-hydrogen) atoms. The summed E-state index contributed by atoms with van der Waals surface area (Å²) in [5, 5.41) is 3.07. The molecule has 1 aliphatic carbocycles. The van der Waals surface area contributed by atoms with Crippen molar-refractivity contribution in [3.8, 4) is 0 Å². The molecule has 1 N–H and O–H groups in total. The summed E-state index contributed by atoms with van der Waals surface area (Å²) < 4.78 is 0. The van der Waals surface area contributed by atoms with Crippen molar-refractivity contribution >= 4 is 11.7 Å². The van der Waals surface area contributed by atoms with Crippen molar-refractivity contribution < 1.29 is 9.59 Å². The van der Waals surface area contributed by atoms with E-state index < -0.39 is 0 Å². The number of amides is 1. The van der Waals surface area contributed by atoms with Crippen LogP contribution < -0.4 is 5.32 Å². The average Bonchev–Trinajstić information content (AvgIpc) is 2.63. The monoisotopic (exact) mass is 307 g/mol. The topological polar surface area (TPSA) is 46.2 Å². The molecule has 0 atom stereocenters. The highest BCUT2D eigenvalue weighted by atomic mass is 16.1. The second-order valence-electron chi connectivity index (χ2n) is 6.23. The normalized spacial score (nSPS) is 16.8. The Morgan fingerprint density at radius 1 is 0.913 bits per heavy atom. The fraction of sp³-hybridized carbons (Fsp3) is 0.300. The van der Waals surface area contributed by atoms with Crippen LogP contribution in [0, 0.1) is 0 Å². The van der Waals surface area contributed by atoms with Crippen LogP contribution in [0.4, 0.5) is 0 Å². The zero-order valence-electron chi connectivity index (χ0n) is 13.1. The summed E-state index contributed by atoms with van der Waals surface area (Å²) in [6.45, 7) is 0.567. The molecule has 0 radical (unpaired) electrons. The number of ketones is 1. The molecule has 0 spiro atoms. The molecule has 0 aromatic heterocycles. The largest absolute Gasteiger partial charge is 0.351 e. The summed E-state index contributed by atoms with van der Waals surface area (Å²) in [4.78, 5) is 24.0. The van der Waals surface area contributed by atoms with Gasteiger partial charge in [-0.15, -0.1) is 0 Å². The Morgan fingerprint density at radius 2 is 1.48 bits per heavy atom. The third kappa shape index (κ3) is 3.50. The second kappa shape index (κ2) is 6.78. The maximum absolute atomic E-state index is 12.3. The average molecular weight is 307 g/mol. The minimum absolute atomic E-state index is 0.0576. The van der Waals surface area contributed by atoms with Gasteiger partial charge in [-0.2, -0.15) is 0 Å². The molecule has 0 aliphatic heterocycles. The third-order valence-electron chi connectivity index (χ3n) is 4.77. The van der Waals surface area contributed by atoms with E-state index in [1.54, 1.807) is 0 Å². The van der Waals surface area contributed by atoms with Crippen LogP contribution in [0.5, 0.6) is 0 Å². The van der Waals surface area contributed by atoms with Crippen LogP contribution in [-0.2, 0) is 10.2 Å². The molecule has 0 saturated heterocycles. The van der Waals surface area contributed by atoms with Crippen LogP contribution in [0.15, 0.2) is 60.7 Å². The Labute approximate surface area is 136 Å². The van der Waals surface area contributed by atoms with E-state index in [0.29, 0.717) is 30.7 Å². The highest BCUT2D eigenvalue weighted by molar-refractivity contribution is 5.94. The van der Waals surface area contributed by atoms with Crippen molar-refractivity contribution in [1.29, 1.82) is 0 Å². The number of hydrogen-bond acceptors (Lipinski definition) is 2. The van der Waals surface area contributed by atoms with Gasteiger partial charge in [-0.05, 0) is 30.5 Å². The smallest absolute Gasteiger partial charge is 0.251 e. The molecule has 1 amide bonds. The lowest BCUT2D eigenvalue weighted by molar-refractivity contribution is -0.121. The Balaban J connectivity index is 1.77. The highest BCUT2D eigenvalue weighted by Gasteiger charge is 2.36. The number of hydrogen-bond donors (Lipinski definition) is 1. The molecule has 2 aromatic carbocycles. The van der Waals surface area contributed by atoms with Crippen molar-refractivity contribution in [1.82, 2.24) is 5.32 Å². The standard InChI is InChI=1S/C20H21NO2/c22-18-11-13-20(14-12-18,17-9-5-2-6-10-17)15-21-19(23)16-7-3-1-4-8-16/h1-10H,11-15H2,(H,21,23). The van der Waals surface area contributed by atoms with Gasteiger partial charge in [-0.3, -0.25) is 9.59 Å². The van der Waals surface area contributed by atoms with E-state index in [2.05, 4.69) is 17.4 Å². The van der Waals surface area contributed by atoms with Crippen LogP contribution >= 0.6 is 0 Å². The quantitative estimate of drug-likeness (QED) is 0.939. The molecular weight excluding hydrogens is 286 g/mol. The Hall–Kier alpha value is -2.42. The van der Waals surface area contributed by atoms with Gasteiger partial charge in [-0.25, -0.2) is 0 Å². The molecule has 3 heteroatoms. The zero-order chi connectivity index (χ0) is 16.1. The zero-order valence-corrected chi connectivity index (χ0v) is 13.1. The van der Waals surface area contributed by atoms with E-state index in [1.807, 2.05) is 48.5 Å². The predicted octanol–water partition coefficient (Wildman–Crippen LogP) is 3.50. The van der Waals surface area contributed by atoms with E-state index in [4.69, 9.17) is 0 Å². The van der Waals surface area contributed by atoms with E-state index >= 15 is 0 Å². The van der Waals surface area contributed by atoms with E-state index in [9.17, 15) is 9.59 Å². The number of benzene rings is 2. The van der Waals surface area contributed by atoms with E-state index in [1.165, 1.54) is 5.56 Å². The molecule has 0 heterocycles. The minimum Gasteiger partial charge on any atom is -0.351 e. The van der Waals surface area contributed by atoms with Gasteiger partial charge in [0.05, 0.1) is 0 Å². The number of nitrogens with one attached hydrogen (secondary N) is 1. The first-order valence-electron chi connectivity index (χ1n) is 8.10. The van der Waals surface area contributed by atoms with Gasteiger partial charge in [0.2, 0.25) is 0 Å². The van der Waals surface area contributed by atoms with Crippen molar-refractivity contribution in [3.63, 3.8) is 0 Å². The molecular formula is C20H21NO2. The molecule has 2 aromatic rings. The first-order valence-corrected chi connectivity index (χ1v) is 8.10. The summed E-state index contributed by atoms with van der Waals surface area (Å²) in [6, 6.07) is 19.5. The summed E-state index contributed by atoms with van der Waals surface area (Å²) in [6.07, 6.45) is 2.78. The second-order valence-corrected chi connectivity index (χ2v) is 6.23. The Kier molecular flexibility index (Phi) is 4.56. The maximum Gasteiger partial charge on any atom is 0.251 e. The van der Waals surface area contributed by atoms with Crippen molar-refractivity contribution in [2.45, 2.75) is 31.1 Å². The number of rotatable bonds is 4. The maximum atomic E-state index is 12.3. The lowest BCUT2D eigenvalue weighted by atomic mass is 9.69. The molecule has 118 valence electrons. The van der Waals surface area contributed by atoms with Gasteiger partial charge in [0.1, 0.15) is 5.78 Å². The van der Waals surface area contributed by atoms with Crippen LogP contribution in [0.1, 0.15) is 41.6 Å². The van der Waals surface area contributed by atoms with Crippen molar-refractivity contribution in [3.05, 3.63) is 71.8 Å². The lowest BCUT2D eigenvalue weighted by Gasteiger charge is -2.37. The Bertz CT molecular complexity index is 669. The Morgan fingerprint density at radius 3 is 2.09 bits per heavy atom. The van der Waals surface area contributed by atoms with Crippen molar-refractivity contribution in [2.24, 2.45) is 0 Å². The summed E-state index contributed by atoms with van der Waals surface area (Å²) >= 11 is 0. The third-order valence-corrected chi connectivity index (χ3v) is 4.77. The molecule has 0 bridgehead atoms. The summed E-state index contributed by atoms with van der Waals surface area (Å²) in [7, 11) is 0. The predicted molar refractivity (Wildman–Crippen MR) is 90.4 cm³/mol. The van der Waals surface area contributed by atoms with E-state index in [0.717, 1.165) is 12.8 Å². The van der Waals surface area contributed by atoms with Gasteiger partial charge in [0, 0.05) is 30.4 Å². The van der Waals surface area contributed by atoms with Crippen LogP contribution in [0.25, 0.3) is 0 Å². The fourth-order valence-corrected chi connectivity index (χ4v) is 3.31. The molecule has 1 aliphatic rings. The van der Waals surface area contributed by atoms with Gasteiger partial charge >= 0.3 is 0 Å². The first kappa shape index (κ1) is 15.5. The van der Waals surface area contributed by atoms with Gasteiger partial charge in [0.15, 0.2) is 0 Å². The SMILES string of the molecule is O=C1CCC(CNC(=O)c2ccccc2)(c2ccccc2)CC1. The minimum atomic E-state index is -0.139. The molecule has 3 rings (SSSR count). The van der Waals surface area contributed by atoms with E-state index in [-0.39, 0.29) is 11.3 Å². The number of carbonyl (C=O) groups is 2. The summed E-state index contributed by atoms with van der Waals surface area (Å²) in [5.41, 5.74) is 1.74. The van der Waals surface area contributed by atoms with Crippen LogP contribution in [0.3, 0.4) is 0 Å². The van der Waals surface area contributed by atoms with Crippen molar-refractivity contribution in [2.75, 3.05) is 6.54 Å². The van der Waals surface area contributed by atoms with Crippen LogP contribution in [-0.4, -0.2) is 18.2 Å². The fourth-order valence-electron chi connectivity index (χ4n) is 3.31. The molecule has 3 nitrogen and oxygen atoms in total. The number of carbonyl (C=O) groups excluding carboxylic acids is 2.